The predicted octanol–water partition coefficient (Wildman–Crippen LogP) is 3.31. The highest BCUT2D eigenvalue weighted by atomic mass is 35.5. The molecule has 2 aromatic carbocycles. The highest BCUT2D eigenvalue weighted by Crippen LogP contribution is 2.40. The van der Waals surface area contributed by atoms with Gasteiger partial charge in [-0.2, -0.15) is 0 Å². The zero-order chi connectivity index (χ0) is 24.5. The minimum Gasteiger partial charge on any atom is -0.507 e. The van der Waals surface area contributed by atoms with E-state index in [1.807, 2.05) is 0 Å². The molecule has 1 saturated heterocycles. The van der Waals surface area contributed by atoms with Gasteiger partial charge in [0.2, 0.25) is 10.0 Å². The Hall–Kier alpha value is -2.43. The highest BCUT2D eigenvalue weighted by molar-refractivity contribution is 7.89. The summed E-state index contributed by atoms with van der Waals surface area (Å²) in [6.07, 6.45) is 0. The van der Waals surface area contributed by atoms with Crippen molar-refractivity contribution in [3.8, 4) is 0 Å². The molecule has 1 fully saturated rings. The molecule has 1 amide bonds. The van der Waals surface area contributed by atoms with Crippen molar-refractivity contribution in [1.29, 1.82) is 0 Å². The number of rotatable bonds is 7. The van der Waals surface area contributed by atoms with Gasteiger partial charge in [0.15, 0.2) is 0 Å². The quantitative estimate of drug-likeness (QED) is 0.346. The molecule has 176 valence electrons. The summed E-state index contributed by atoms with van der Waals surface area (Å²) in [6.45, 7) is 0.269. The predicted molar refractivity (Wildman–Crippen MR) is 125 cm³/mol. The molecule has 1 unspecified atom stereocenters. The second-order valence-electron chi connectivity index (χ2n) is 7.47. The molecular weight excluding hydrogens is 491 g/mol. The van der Waals surface area contributed by atoms with E-state index in [-0.39, 0.29) is 34.2 Å². The van der Waals surface area contributed by atoms with Crippen molar-refractivity contribution >= 4 is 50.7 Å². The number of aliphatic hydroxyl groups excluding tert-OH is 1. The third-order valence-electron chi connectivity index (χ3n) is 5.24. The number of aliphatic hydroxyl groups is 1. The number of ether oxygens (including phenoxy) is 1. The Labute approximate surface area is 202 Å². The van der Waals surface area contributed by atoms with E-state index < -0.39 is 33.5 Å². The number of Topliss-reactive ketones (excluding diaryl/α,β-unsaturated/α-hetero) is 1. The van der Waals surface area contributed by atoms with Crippen molar-refractivity contribution in [3.05, 3.63) is 69.2 Å². The van der Waals surface area contributed by atoms with E-state index in [4.69, 9.17) is 27.9 Å². The third kappa shape index (κ3) is 4.78. The maximum atomic E-state index is 12.9. The van der Waals surface area contributed by atoms with E-state index in [1.165, 1.54) is 62.5 Å². The molecule has 0 aliphatic carbocycles. The van der Waals surface area contributed by atoms with E-state index in [0.29, 0.717) is 10.6 Å². The molecule has 0 aromatic heterocycles. The van der Waals surface area contributed by atoms with Crippen LogP contribution in [0.5, 0.6) is 0 Å². The van der Waals surface area contributed by atoms with E-state index in [1.54, 1.807) is 6.07 Å². The van der Waals surface area contributed by atoms with Crippen LogP contribution in [0.1, 0.15) is 17.2 Å². The smallest absolute Gasteiger partial charge is 0.295 e. The van der Waals surface area contributed by atoms with Gasteiger partial charge in [0, 0.05) is 33.3 Å². The molecule has 2 aromatic rings. The molecule has 0 spiro atoms. The summed E-state index contributed by atoms with van der Waals surface area (Å²) < 4.78 is 30.8. The number of methoxy groups -OCH3 is 1. The first-order valence-electron chi connectivity index (χ1n) is 9.76. The van der Waals surface area contributed by atoms with Gasteiger partial charge in [0.25, 0.3) is 11.7 Å². The lowest BCUT2D eigenvalue weighted by molar-refractivity contribution is -0.140. The van der Waals surface area contributed by atoms with E-state index in [2.05, 4.69) is 0 Å². The molecule has 1 aliphatic rings. The second kappa shape index (κ2) is 9.82. The topological polar surface area (TPSA) is 104 Å². The van der Waals surface area contributed by atoms with Gasteiger partial charge in [-0.15, -0.1) is 0 Å². The van der Waals surface area contributed by atoms with Gasteiger partial charge in [0.05, 0.1) is 33.2 Å². The van der Waals surface area contributed by atoms with Crippen LogP contribution in [-0.4, -0.2) is 68.8 Å². The van der Waals surface area contributed by atoms with E-state index in [0.717, 1.165) is 4.31 Å². The average molecular weight is 513 g/mol. The summed E-state index contributed by atoms with van der Waals surface area (Å²) in [5, 5.41) is 11.6. The number of halogens is 2. The molecule has 1 heterocycles. The molecule has 11 heteroatoms. The van der Waals surface area contributed by atoms with Crippen molar-refractivity contribution in [2.24, 2.45) is 0 Å². The molecule has 1 N–H and O–H groups in total. The Morgan fingerprint density at radius 1 is 1.09 bits per heavy atom. The zero-order valence-corrected chi connectivity index (χ0v) is 20.4. The molecule has 0 radical (unpaired) electrons. The number of sulfonamides is 1. The van der Waals surface area contributed by atoms with Crippen LogP contribution in [0.25, 0.3) is 5.76 Å². The Morgan fingerprint density at radius 3 is 2.27 bits per heavy atom. The molecule has 1 aliphatic heterocycles. The number of likely N-dealkylation sites (tertiary alicyclic amines) is 1. The number of nitrogens with zero attached hydrogens (tertiary/aromatic N) is 2. The van der Waals surface area contributed by atoms with Crippen LogP contribution >= 0.6 is 23.2 Å². The van der Waals surface area contributed by atoms with Gasteiger partial charge in [-0.3, -0.25) is 9.59 Å². The van der Waals surface area contributed by atoms with Crippen LogP contribution in [0.15, 0.2) is 52.9 Å². The third-order valence-corrected chi connectivity index (χ3v) is 7.81. The van der Waals surface area contributed by atoms with Gasteiger partial charge in [-0.05, 0) is 42.0 Å². The number of benzene rings is 2. The Balaban J connectivity index is 2.14. The fourth-order valence-electron chi connectivity index (χ4n) is 3.48. The second-order valence-corrected chi connectivity index (χ2v) is 10.4. The van der Waals surface area contributed by atoms with Crippen molar-refractivity contribution in [3.63, 3.8) is 0 Å². The summed E-state index contributed by atoms with van der Waals surface area (Å²) in [5.74, 6) is -2.10. The maximum absolute atomic E-state index is 12.9. The number of ketones is 1. The number of carbonyl (C=O) groups excluding carboxylic acids is 2. The molecule has 3 rings (SSSR count). The van der Waals surface area contributed by atoms with Gasteiger partial charge in [-0.1, -0.05) is 29.3 Å². The SMILES string of the molecule is COCCN1C(=O)C(=O)/C(=C(\O)c2ccc(S(=O)(=O)N(C)C)cc2)C1c1ccc(Cl)c(Cl)c1. The van der Waals surface area contributed by atoms with Gasteiger partial charge >= 0.3 is 0 Å². The van der Waals surface area contributed by atoms with Crippen molar-refractivity contribution in [2.45, 2.75) is 10.9 Å². The van der Waals surface area contributed by atoms with Crippen molar-refractivity contribution in [2.75, 3.05) is 34.4 Å². The minimum atomic E-state index is -3.67. The fourth-order valence-corrected chi connectivity index (χ4v) is 4.69. The Kier molecular flexibility index (Phi) is 7.50. The van der Waals surface area contributed by atoms with Crippen LogP contribution in [0, 0.1) is 0 Å². The van der Waals surface area contributed by atoms with Gasteiger partial charge < -0.3 is 14.7 Å². The summed E-state index contributed by atoms with van der Waals surface area (Å²) in [7, 11) is 0.601. The first-order chi connectivity index (χ1) is 15.5. The molecule has 33 heavy (non-hydrogen) atoms. The van der Waals surface area contributed by atoms with Crippen LogP contribution < -0.4 is 0 Å². The van der Waals surface area contributed by atoms with E-state index >= 15 is 0 Å². The van der Waals surface area contributed by atoms with Crippen molar-refractivity contribution < 1.29 is 27.9 Å². The number of carbonyl (C=O) groups is 2. The van der Waals surface area contributed by atoms with Crippen LogP contribution in [0.4, 0.5) is 0 Å². The highest BCUT2D eigenvalue weighted by Gasteiger charge is 2.46. The Bertz CT molecular complexity index is 1230. The lowest BCUT2D eigenvalue weighted by atomic mass is 9.95. The van der Waals surface area contributed by atoms with Crippen LogP contribution in [0.3, 0.4) is 0 Å². The zero-order valence-electron chi connectivity index (χ0n) is 18.1. The lowest BCUT2D eigenvalue weighted by Crippen LogP contribution is -2.32. The van der Waals surface area contributed by atoms with Gasteiger partial charge in [-0.25, -0.2) is 12.7 Å². The summed E-state index contributed by atoms with van der Waals surface area (Å²) in [5.41, 5.74) is 0.522. The average Bonchev–Trinajstić information content (AvgIpc) is 3.03. The standard InChI is InChI=1S/C22H22Cl2N2O6S/c1-25(2)33(30,31)15-7-4-13(5-8-15)20(27)18-19(14-6-9-16(23)17(24)12-14)26(10-11-32-3)22(29)21(18)28/h4-9,12,19,27H,10-11H2,1-3H3/b20-18-. The molecular formula is C22H22Cl2N2O6S. The molecule has 8 nitrogen and oxygen atoms in total. The van der Waals surface area contributed by atoms with Gasteiger partial charge in [0.1, 0.15) is 5.76 Å². The normalized spacial score (nSPS) is 18.4. The van der Waals surface area contributed by atoms with Crippen LogP contribution in [0.2, 0.25) is 10.0 Å². The maximum Gasteiger partial charge on any atom is 0.295 e. The molecule has 0 bridgehead atoms. The first-order valence-corrected chi connectivity index (χ1v) is 12.0. The Morgan fingerprint density at radius 2 is 1.73 bits per heavy atom. The number of amides is 1. The fraction of sp³-hybridized carbons (Fsp3) is 0.273. The molecule has 1 atom stereocenters. The molecule has 0 saturated carbocycles. The monoisotopic (exact) mass is 512 g/mol. The minimum absolute atomic E-state index is 0.0191. The first kappa shape index (κ1) is 25.2. The summed E-state index contributed by atoms with van der Waals surface area (Å²) in [4.78, 5) is 27.0. The number of hydrogen-bond donors (Lipinski definition) is 1. The van der Waals surface area contributed by atoms with Crippen molar-refractivity contribution in [1.82, 2.24) is 9.21 Å². The summed E-state index contributed by atoms with van der Waals surface area (Å²) in [6, 6.07) is 9.14. The van der Waals surface area contributed by atoms with Crippen LogP contribution in [-0.2, 0) is 24.3 Å². The lowest BCUT2D eigenvalue weighted by Gasteiger charge is -2.25. The largest absolute Gasteiger partial charge is 0.507 e. The summed E-state index contributed by atoms with van der Waals surface area (Å²) >= 11 is 12.2. The van der Waals surface area contributed by atoms with E-state index in [9.17, 15) is 23.1 Å². The number of hydrogen-bond acceptors (Lipinski definition) is 6.